The van der Waals surface area contributed by atoms with Gasteiger partial charge in [0.1, 0.15) is 0 Å². The van der Waals surface area contributed by atoms with Crippen LogP contribution in [-0.2, 0) is 4.79 Å². The topological polar surface area (TPSA) is 42.0 Å². The van der Waals surface area contributed by atoms with Gasteiger partial charge in [-0.05, 0) is 49.2 Å². The molecule has 0 unspecified atom stereocenters. The first-order valence-corrected chi connectivity index (χ1v) is 10.4. The predicted octanol–water partition coefficient (Wildman–Crippen LogP) is 4.20. The Kier molecular flexibility index (Phi) is 6.15. The van der Waals surface area contributed by atoms with Gasteiger partial charge in [0.25, 0.3) is 0 Å². The quantitative estimate of drug-likeness (QED) is 0.691. The number of carbonyl (C=O) groups excluding carboxylic acids is 1. The molecule has 152 valence electrons. The highest BCUT2D eigenvalue weighted by atomic mass is 16.5. The van der Waals surface area contributed by atoms with E-state index < -0.39 is 0 Å². The Bertz CT molecular complexity index is 852. The van der Waals surface area contributed by atoms with Crippen LogP contribution in [0.15, 0.2) is 61.2 Å². The number of rotatable bonds is 6. The van der Waals surface area contributed by atoms with Gasteiger partial charge in [-0.1, -0.05) is 30.3 Å². The minimum Gasteiger partial charge on any atom is -0.490 e. The largest absolute Gasteiger partial charge is 0.490 e. The van der Waals surface area contributed by atoms with Gasteiger partial charge >= 0.3 is 0 Å². The first-order valence-electron chi connectivity index (χ1n) is 10.4. The zero-order chi connectivity index (χ0) is 20.1. The van der Waals surface area contributed by atoms with Gasteiger partial charge in [0.15, 0.2) is 11.5 Å². The van der Waals surface area contributed by atoms with Gasteiger partial charge in [-0.15, -0.1) is 6.58 Å². The van der Waals surface area contributed by atoms with Crippen LogP contribution in [0, 0.1) is 0 Å². The van der Waals surface area contributed by atoms with Gasteiger partial charge in [0.05, 0.1) is 19.8 Å². The summed E-state index contributed by atoms with van der Waals surface area (Å²) in [5.74, 6) is 1.72. The third kappa shape index (κ3) is 4.46. The monoisotopic (exact) mass is 392 g/mol. The van der Waals surface area contributed by atoms with Crippen molar-refractivity contribution in [1.29, 1.82) is 0 Å². The number of hydrogen-bond acceptors (Lipinski definition) is 4. The molecule has 0 bridgehead atoms. The van der Waals surface area contributed by atoms with Gasteiger partial charge in [-0.25, -0.2) is 0 Å². The Balaban J connectivity index is 1.50. The number of carbonyl (C=O) groups is 1. The summed E-state index contributed by atoms with van der Waals surface area (Å²) in [6.07, 6.45) is 4.79. The zero-order valence-corrected chi connectivity index (χ0v) is 16.8. The molecule has 0 aliphatic carbocycles. The van der Waals surface area contributed by atoms with E-state index in [9.17, 15) is 4.79 Å². The highest BCUT2D eigenvalue weighted by Crippen LogP contribution is 2.37. The minimum absolute atomic E-state index is 0.0948. The van der Waals surface area contributed by atoms with Gasteiger partial charge in [0, 0.05) is 24.7 Å². The standard InChI is InChI=1S/C24H28N2O3/c1-2-13-26(20-8-4-3-5-9-20)24(27)18-25-14-6-10-21(25)19-11-12-22-23(17-19)29-16-7-15-28-22/h2-5,8-9,11-12,17,21H,1,6-7,10,13-16,18H2/t21-/m1/s1. The van der Waals surface area contributed by atoms with Crippen LogP contribution in [-0.4, -0.2) is 43.7 Å². The molecule has 0 saturated carbocycles. The molecule has 1 atom stereocenters. The molecule has 2 aliphatic rings. The van der Waals surface area contributed by atoms with E-state index in [1.165, 1.54) is 5.56 Å². The molecule has 4 rings (SSSR count). The van der Waals surface area contributed by atoms with Crippen molar-refractivity contribution < 1.29 is 14.3 Å². The summed E-state index contributed by atoms with van der Waals surface area (Å²) in [6.45, 7) is 7.00. The lowest BCUT2D eigenvalue weighted by atomic mass is 10.0. The van der Waals surface area contributed by atoms with E-state index in [0.29, 0.717) is 26.3 Å². The Hall–Kier alpha value is -2.79. The average Bonchev–Trinajstić information content (AvgIpc) is 3.07. The smallest absolute Gasteiger partial charge is 0.241 e. The molecule has 1 amide bonds. The molecular formula is C24H28N2O3. The molecule has 0 spiro atoms. The lowest BCUT2D eigenvalue weighted by Gasteiger charge is -2.28. The second kappa shape index (κ2) is 9.14. The molecule has 1 saturated heterocycles. The Morgan fingerprint density at radius 2 is 1.90 bits per heavy atom. The molecular weight excluding hydrogens is 364 g/mol. The SMILES string of the molecule is C=CCN(C(=O)CN1CCC[C@@H]1c1ccc2c(c1)OCCCO2)c1ccccc1. The lowest BCUT2D eigenvalue weighted by molar-refractivity contribution is -0.119. The summed E-state index contributed by atoms with van der Waals surface area (Å²) in [7, 11) is 0. The maximum Gasteiger partial charge on any atom is 0.241 e. The van der Waals surface area contributed by atoms with Crippen molar-refractivity contribution >= 4 is 11.6 Å². The second-order valence-corrected chi connectivity index (χ2v) is 7.51. The van der Waals surface area contributed by atoms with E-state index in [1.807, 2.05) is 36.4 Å². The molecule has 1 fully saturated rings. The maximum atomic E-state index is 13.1. The fourth-order valence-corrected chi connectivity index (χ4v) is 4.13. The summed E-state index contributed by atoms with van der Waals surface area (Å²) in [5.41, 5.74) is 2.10. The van der Waals surface area contributed by atoms with Gasteiger partial charge in [0.2, 0.25) is 5.91 Å². The first kappa shape index (κ1) is 19.5. The molecule has 5 heteroatoms. The van der Waals surface area contributed by atoms with Crippen LogP contribution in [0.3, 0.4) is 0 Å². The molecule has 2 aromatic carbocycles. The fraction of sp³-hybridized carbons (Fsp3) is 0.375. The Morgan fingerprint density at radius 3 is 2.69 bits per heavy atom. The summed E-state index contributed by atoms with van der Waals surface area (Å²) in [4.78, 5) is 17.2. The van der Waals surface area contributed by atoms with Crippen LogP contribution >= 0.6 is 0 Å². The van der Waals surface area contributed by atoms with Crippen LogP contribution in [0.25, 0.3) is 0 Å². The molecule has 2 aliphatic heterocycles. The number of fused-ring (bicyclic) bond motifs is 1. The second-order valence-electron chi connectivity index (χ2n) is 7.51. The van der Waals surface area contributed by atoms with Crippen LogP contribution in [0.4, 0.5) is 5.69 Å². The summed E-state index contributed by atoms with van der Waals surface area (Å²) in [5, 5.41) is 0. The van der Waals surface area contributed by atoms with E-state index >= 15 is 0 Å². The number of benzene rings is 2. The molecule has 2 heterocycles. The first-order chi connectivity index (χ1) is 14.3. The highest BCUT2D eigenvalue weighted by molar-refractivity contribution is 5.95. The number of para-hydroxylation sites is 1. The van der Waals surface area contributed by atoms with Crippen molar-refractivity contribution in [3.05, 3.63) is 66.7 Å². The summed E-state index contributed by atoms with van der Waals surface area (Å²) < 4.78 is 11.6. The van der Waals surface area contributed by atoms with Crippen molar-refractivity contribution in [2.45, 2.75) is 25.3 Å². The molecule has 0 aromatic heterocycles. The van der Waals surface area contributed by atoms with Crippen LogP contribution in [0.2, 0.25) is 0 Å². The van der Waals surface area contributed by atoms with Gasteiger partial charge < -0.3 is 14.4 Å². The number of anilines is 1. The minimum atomic E-state index is 0.0948. The average molecular weight is 392 g/mol. The number of ether oxygens (including phenoxy) is 2. The van der Waals surface area contributed by atoms with Crippen molar-refractivity contribution in [2.75, 3.05) is 37.7 Å². The van der Waals surface area contributed by atoms with E-state index in [2.05, 4.69) is 23.6 Å². The number of amides is 1. The predicted molar refractivity (Wildman–Crippen MR) is 115 cm³/mol. The lowest BCUT2D eigenvalue weighted by Crippen LogP contribution is -2.40. The van der Waals surface area contributed by atoms with E-state index in [4.69, 9.17) is 9.47 Å². The normalized spacial score (nSPS) is 18.8. The molecule has 29 heavy (non-hydrogen) atoms. The van der Waals surface area contributed by atoms with E-state index in [0.717, 1.165) is 43.0 Å². The van der Waals surface area contributed by atoms with Crippen molar-refractivity contribution in [1.82, 2.24) is 4.90 Å². The van der Waals surface area contributed by atoms with E-state index in [-0.39, 0.29) is 11.9 Å². The Morgan fingerprint density at radius 1 is 1.10 bits per heavy atom. The zero-order valence-electron chi connectivity index (χ0n) is 16.8. The van der Waals surface area contributed by atoms with E-state index in [1.54, 1.807) is 11.0 Å². The number of nitrogens with zero attached hydrogens (tertiary/aromatic N) is 2. The maximum absolute atomic E-state index is 13.1. The third-order valence-electron chi connectivity index (χ3n) is 5.54. The Labute approximate surface area is 172 Å². The van der Waals surface area contributed by atoms with Gasteiger partial charge in [-0.2, -0.15) is 0 Å². The number of likely N-dealkylation sites (tertiary alicyclic amines) is 1. The van der Waals surface area contributed by atoms with Crippen molar-refractivity contribution in [3.8, 4) is 11.5 Å². The molecule has 2 aromatic rings. The van der Waals surface area contributed by atoms with Crippen molar-refractivity contribution in [2.24, 2.45) is 0 Å². The summed E-state index contributed by atoms with van der Waals surface area (Å²) >= 11 is 0. The summed E-state index contributed by atoms with van der Waals surface area (Å²) in [6, 6.07) is 16.2. The van der Waals surface area contributed by atoms with Gasteiger partial charge in [-0.3, -0.25) is 9.69 Å². The third-order valence-corrected chi connectivity index (χ3v) is 5.54. The molecule has 5 nitrogen and oxygen atoms in total. The van der Waals surface area contributed by atoms with Crippen LogP contribution < -0.4 is 14.4 Å². The number of hydrogen-bond donors (Lipinski definition) is 0. The van der Waals surface area contributed by atoms with Crippen LogP contribution in [0.1, 0.15) is 30.9 Å². The van der Waals surface area contributed by atoms with Crippen molar-refractivity contribution in [3.63, 3.8) is 0 Å². The fourth-order valence-electron chi connectivity index (χ4n) is 4.13. The molecule has 0 N–H and O–H groups in total. The molecule has 0 radical (unpaired) electrons. The van der Waals surface area contributed by atoms with Crippen LogP contribution in [0.5, 0.6) is 11.5 Å². The highest BCUT2D eigenvalue weighted by Gasteiger charge is 2.30.